The summed E-state index contributed by atoms with van der Waals surface area (Å²) < 4.78 is 5.77. The first-order valence-corrected chi connectivity index (χ1v) is 9.46. The molecule has 0 radical (unpaired) electrons. The van der Waals surface area contributed by atoms with Crippen molar-refractivity contribution in [2.24, 2.45) is 0 Å². The number of ether oxygens (including phenoxy) is 1. The highest BCUT2D eigenvalue weighted by atomic mass is 16.5. The first-order chi connectivity index (χ1) is 13.5. The summed E-state index contributed by atoms with van der Waals surface area (Å²) in [6.45, 7) is 6.75. The first kappa shape index (κ1) is 19.5. The molecule has 1 aromatic heterocycles. The number of aromatic nitrogens is 1. The van der Waals surface area contributed by atoms with E-state index in [1.807, 2.05) is 63.2 Å². The van der Waals surface area contributed by atoms with Gasteiger partial charge in [-0.2, -0.15) is 0 Å². The Hall–Kier alpha value is -3.21. The monoisotopic (exact) mass is 376 g/mol. The lowest BCUT2D eigenvalue weighted by Gasteiger charge is -2.25. The number of esters is 1. The van der Waals surface area contributed by atoms with Gasteiger partial charge in [-0.15, -0.1) is 0 Å². The smallest absolute Gasteiger partial charge is 0.340 e. The van der Waals surface area contributed by atoms with Crippen LogP contribution in [-0.4, -0.2) is 34.8 Å². The fourth-order valence-corrected chi connectivity index (χ4v) is 3.24. The third-order valence-corrected chi connectivity index (χ3v) is 4.69. The standard InChI is InChI=1S/C23H24N2O3/c1-4-25(5-2)22(26)21(17-11-7-6-8-12-17)28-23(27)19-15-16(3)24-20-14-10-9-13-18(19)20/h6-15,21H,4-5H2,1-3H3/t21-/m0/s1. The molecule has 0 saturated carbocycles. The average Bonchev–Trinajstić information content (AvgIpc) is 2.72. The Morgan fingerprint density at radius 1 is 1.00 bits per heavy atom. The van der Waals surface area contributed by atoms with Gasteiger partial charge in [-0.25, -0.2) is 4.79 Å². The highest BCUT2D eigenvalue weighted by Gasteiger charge is 2.29. The first-order valence-electron chi connectivity index (χ1n) is 9.46. The van der Waals surface area contributed by atoms with Gasteiger partial charge in [0.25, 0.3) is 5.91 Å². The summed E-state index contributed by atoms with van der Waals surface area (Å²) in [5, 5.41) is 0.709. The maximum atomic E-state index is 13.1. The second kappa shape index (κ2) is 8.65. The molecule has 0 fully saturated rings. The number of likely N-dealkylation sites (N-methyl/N-ethyl adjacent to an activating group) is 1. The van der Waals surface area contributed by atoms with Crippen molar-refractivity contribution in [3.63, 3.8) is 0 Å². The molecule has 0 aliphatic rings. The van der Waals surface area contributed by atoms with Gasteiger partial charge in [0.1, 0.15) is 0 Å². The number of hydrogen-bond donors (Lipinski definition) is 0. The number of hydrogen-bond acceptors (Lipinski definition) is 4. The molecule has 0 saturated heterocycles. The summed E-state index contributed by atoms with van der Waals surface area (Å²) in [6, 6.07) is 18.3. The number of aryl methyl sites for hydroxylation is 1. The number of carbonyl (C=O) groups excluding carboxylic acids is 2. The van der Waals surface area contributed by atoms with Crippen LogP contribution < -0.4 is 0 Å². The summed E-state index contributed by atoms with van der Waals surface area (Å²) >= 11 is 0. The Morgan fingerprint density at radius 3 is 2.32 bits per heavy atom. The molecule has 0 bridgehead atoms. The van der Waals surface area contributed by atoms with E-state index < -0.39 is 12.1 Å². The molecule has 0 N–H and O–H groups in total. The molecule has 2 aromatic carbocycles. The number of nitrogens with zero attached hydrogens (tertiary/aromatic N) is 2. The van der Waals surface area contributed by atoms with Crippen molar-refractivity contribution in [3.8, 4) is 0 Å². The maximum Gasteiger partial charge on any atom is 0.340 e. The zero-order valence-corrected chi connectivity index (χ0v) is 16.4. The molecule has 5 heteroatoms. The fraction of sp³-hybridized carbons (Fsp3) is 0.261. The van der Waals surface area contributed by atoms with E-state index in [-0.39, 0.29) is 5.91 Å². The number of fused-ring (bicyclic) bond motifs is 1. The molecule has 3 aromatic rings. The van der Waals surface area contributed by atoms with Crippen LogP contribution >= 0.6 is 0 Å². The lowest BCUT2D eigenvalue weighted by molar-refractivity contribution is -0.140. The van der Waals surface area contributed by atoms with Crippen molar-refractivity contribution < 1.29 is 14.3 Å². The molecule has 144 valence electrons. The minimum atomic E-state index is -0.985. The molecule has 0 aliphatic carbocycles. The van der Waals surface area contributed by atoms with E-state index in [9.17, 15) is 9.59 Å². The summed E-state index contributed by atoms with van der Waals surface area (Å²) in [4.78, 5) is 32.2. The summed E-state index contributed by atoms with van der Waals surface area (Å²) in [7, 11) is 0. The molecule has 0 aliphatic heterocycles. The second-order valence-electron chi connectivity index (χ2n) is 6.53. The molecule has 1 atom stereocenters. The van der Waals surface area contributed by atoms with Gasteiger partial charge in [-0.05, 0) is 32.9 Å². The Kier molecular flexibility index (Phi) is 6.04. The minimum Gasteiger partial charge on any atom is -0.444 e. The number of rotatable bonds is 6. The van der Waals surface area contributed by atoms with Gasteiger partial charge in [0.05, 0.1) is 11.1 Å². The largest absolute Gasteiger partial charge is 0.444 e. The van der Waals surface area contributed by atoms with E-state index in [2.05, 4.69) is 4.98 Å². The van der Waals surface area contributed by atoms with E-state index in [1.54, 1.807) is 23.1 Å². The normalized spacial score (nSPS) is 11.8. The molecule has 1 heterocycles. The molecule has 0 spiro atoms. The number of amides is 1. The van der Waals surface area contributed by atoms with Crippen molar-refractivity contribution >= 4 is 22.8 Å². The Balaban J connectivity index is 1.99. The number of benzene rings is 2. The van der Waals surface area contributed by atoms with Crippen molar-refractivity contribution in [2.75, 3.05) is 13.1 Å². The van der Waals surface area contributed by atoms with Crippen molar-refractivity contribution in [1.29, 1.82) is 0 Å². The van der Waals surface area contributed by atoms with Crippen LogP contribution in [0.5, 0.6) is 0 Å². The molecule has 5 nitrogen and oxygen atoms in total. The Morgan fingerprint density at radius 2 is 1.64 bits per heavy atom. The summed E-state index contributed by atoms with van der Waals surface area (Å²) in [5.41, 5.74) is 2.51. The highest BCUT2D eigenvalue weighted by molar-refractivity contribution is 6.04. The maximum absolute atomic E-state index is 13.1. The van der Waals surface area contributed by atoms with Crippen molar-refractivity contribution in [1.82, 2.24) is 9.88 Å². The molecule has 1 amide bonds. The molecular weight excluding hydrogens is 352 g/mol. The van der Waals surface area contributed by atoms with Gasteiger partial charge >= 0.3 is 5.97 Å². The number of carbonyl (C=O) groups is 2. The second-order valence-corrected chi connectivity index (χ2v) is 6.53. The summed E-state index contributed by atoms with van der Waals surface area (Å²) in [6.07, 6.45) is -0.985. The Bertz CT molecular complexity index is 982. The zero-order chi connectivity index (χ0) is 20.1. The van der Waals surface area contributed by atoms with Crippen LogP contribution in [0, 0.1) is 6.92 Å². The van der Waals surface area contributed by atoms with Crippen molar-refractivity contribution in [3.05, 3.63) is 77.5 Å². The topological polar surface area (TPSA) is 59.5 Å². The third kappa shape index (κ3) is 4.03. The van der Waals surface area contributed by atoms with Gasteiger partial charge in [-0.3, -0.25) is 9.78 Å². The number of pyridine rings is 1. The van der Waals surface area contributed by atoms with Crippen LogP contribution in [0.1, 0.15) is 41.6 Å². The minimum absolute atomic E-state index is 0.223. The van der Waals surface area contributed by atoms with E-state index in [4.69, 9.17) is 4.74 Å². The fourth-order valence-electron chi connectivity index (χ4n) is 3.24. The lowest BCUT2D eigenvalue weighted by Crippen LogP contribution is -2.36. The lowest BCUT2D eigenvalue weighted by atomic mass is 10.1. The van der Waals surface area contributed by atoms with Crippen LogP contribution in [0.25, 0.3) is 10.9 Å². The van der Waals surface area contributed by atoms with E-state index in [0.29, 0.717) is 29.6 Å². The van der Waals surface area contributed by atoms with E-state index in [1.165, 1.54) is 0 Å². The van der Waals surface area contributed by atoms with Crippen molar-refractivity contribution in [2.45, 2.75) is 26.9 Å². The van der Waals surface area contributed by atoms with Gasteiger partial charge in [0, 0.05) is 29.7 Å². The molecule has 3 rings (SSSR count). The number of para-hydroxylation sites is 1. The predicted molar refractivity (Wildman–Crippen MR) is 109 cm³/mol. The molecule has 28 heavy (non-hydrogen) atoms. The predicted octanol–water partition coefficient (Wildman–Crippen LogP) is 4.31. The van der Waals surface area contributed by atoms with Crippen LogP contribution in [0.3, 0.4) is 0 Å². The average molecular weight is 376 g/mol. The highest BCUT2D eigenvalue weighted by Crippen LogP contribution is 2.25. The van der Waals surface area contributed by atoms with Gasteiger partial charge in [0.2, 0.25) is 6.10 Å². The van der Waals surface area contributed by atoms with Crippen LogP contribution in [0.15, 0.2) is 60.7 Å². The van der Waals surface area contributed by atoms with Gasteiger partial charge < -0.3 is 9.64 Å². The molecule has 0 unspecified atom stereocenters. The van der Waals surface area contributed by atoms with Crippen LogP contribution in [0.4, 0.5) is 0 Å². The quantitative estimate of drug-likeness (QED) is 0.602. The molecular formula is C23H24N2O3. The van der Waals surface area contributed by atoms with Gasteiger partial charge in [-0.1, -0.05) is 48.5 Å². The van der Waals surface area contributed by atoms with Crippen LogP contribution in [0.2, 0.25) is 0 Å². The van der Waals surface area contributed by atoms with E-state index in [0.717, 1.165) is 11.2 Å². The van der Waals surface area contributed by atoms with Gasteiger partial charge in [0.15, 0.2) is 0 Å². The van der Waals surface area contributed by atoms with Crippen LogP contribution in [-0.2, 0) is 9.53 Å². The Labute approximate surface area is 165 Å². The summed E-state index contributed by atoms with van der Waals surface area (Å²) in [5.74, 6) is -0.754. The van der Waals surface area contributed by atoms with E-state index >= 15 is 0 Å². The third-order valence-electron chi connectivity index (χ3n) is 4.69. The zero-order valence-electron chi connectivity index (χ0n) is 16.4. The SMILES string of the molecule is CCN(CC)C(=O)[C@@H](OC(=O)c1cc(C)nc2ccccc12)c1ccccc1.